The third kappa shape index (κ3) is 2.73. The molecule has 0 radical (unpaired) electrons. The molecule has 2 heterocycles. The summed E-state index contributed by atoms with van der Waals surface area (Å²) in [6.45, 7) is 4.31. The molecule has 0 unspecified atom stereocenters. The standard InChI is InChI=1S/C18H20N4O4/c1-3-10-20-15-13(16(23)21(11-4-2)17(20)24)19-14(22(15)18(25)26)12-8-6-5-7-9-12/h5-9H,3-4,10-11H2,1-2H3,(H,25,26). The second-order valence-electron chi connectivity index (χ2n) is 5.98. The Morgan fingerprint density at radius 3 is 2.23 bits per heavy atom. The highest BCUT2D eigenvalue weighted by atomic mass is 16.4. The van der Waals surface area contributed by atoms with E-state index >= 15 is 0 Å². The molecular formula is C18H20N4O4. The summed E-state index contributed by atoms with van der Waals surface area (Å²) in [5.41, 5.74) is -0.485. The van der Waals surface area contributed by atoms with E-state index in [1.165, 1.54) is 4.57 Å². The molecule has 0 fully saturated rings. The van der Waals surface area contributed by atoms with Crippen molar-refractivity contribution in [1.82, 2.24) is 18.7 Å². The summed E-state index contributed by atoms with van der Waals surface area (Å²) in [6.07, 6.45) is -0.0637. The number of aryl methyl sites for hydroxylation is 1. The third-order valence-corrected chi connectivity index (χ3v) is 4.14. The molecule has 0 amide bonds. The molecule has 8 nitrogen and oxygen atoms in total. The van der Waals surface area contributed by atoms with Gasteiger partial charge in [0.05, 0.1) is 0 Å². The van der Waals surface area contributed by atoms with Gasteiger partial charge in [-0.1, -0.05) is 44.2 Å². The first-order valence-corrected chi connectivity index (χ1v) is 8.56. The van der Waals surface area contributed by atoms with Gasteiger partial charge in [-0.05, 0) is 12.8 Å². The van der Waals surface area contributed by atoms with Crippen LogP contribution in [-0.4, -0.2) is 29.9 Å². The van der Waals surface area contributed by atoms with Crippen LogP contribution in [0.1, 0.15) is 26.7 Å². The number of benzene rings is 1. The minimum Gasteiger partial charge on any atom is -0.464 e. The predicted octanol–water partition coefficient (Wildman–Crippen LogP) is 2.37. The second-order valence-corrected chi connectivity index (χ2v) is 5.98. The van der Waals surface area contributed by atoms with Crippen LogP contribution >= 0.6 is 0 Å². The average molecular weight is 356 g/mol. The molecule has 0 saturated heterocycles. The molecule has 3 rings (SSSR count). The van der Waals surface area contributed by atoms with E-state index in [0.717, 1.165) is 9.13 Å². The largest absolute Gasteiger partial charge is 0.464 e. The number of fused-ring (bicyclic) bond motifs is 1. The van der Waals surface area contributed by atoms with Crippen molar-refractivity contribution in [3.63, 3.8) is 0 Å². The number of hydrogen-bond donors (Lipinski definition) is 1. The van der Waals surface area contributed by atoms with Crippen LogP contribution in [0.5, 0.6) is 0 Å². The van der Waals surface area contributed by atoms with E-state index in [1.807, 2.05) is 13.8 Å². The average Bonchev–Trinajstić information content (AvgIpc) is 3.04. The van der Waals surface area contributed by atoms with Crippen LogP contribution in [0.15, 0.2) is 39.9 Å². The van der Waals surface area contributed by atoms with Gasteiger partial charge < -0.3 is 5.11 Å². The molecule has 0 saturated carbocycles. The van der Waals surface area contributed by atoms with E-state index in [2.05, 4.69) is 4.98 Å². The highest BCUT2D eigenvalue weighted by Crippen LogP contribution is 2.22. The Balaban J connectivity index is 2.51. The Hall–Kier alpha value is -3.16. The smallest absolute Gasteiger partial charge is 0.418 e. The molecule has 0 spiro atoms. The van der Waals surface area contributed by atoms with Gasteiger partial charge in [-0.2, -0.15) is 0 Å². The minimum atomic E-state index is -1.29. The summed E-state index contributed by atoms with van der Waals surface area (Å²) >= 11 is 0. The summed E-state index contributed by atoms with van der Waals surface area (Å²) in [7, 11) is 0. The number of aromatic nitrogens is 4. The maximum atomic E-state index is 12.8. The van der Waals surface area contributed by atoms with E-state index in [4.69, 9.17) is 0 Å². The SMILES string of the molecule is CCCn1c(=O)c2nc(-c3ccccc3)n(C(=O)O)c2n(CCC)c1=O. The van der Waals surface area contributed by atoms with E-state index in [-0.39, 0.29) is 23.5 Å². The highest BCUT2D eigenvalue weighted by molar-refractivity contribution is 5.89. The van der Waals surface area contributed by atoms with Crippen molar-refractivity contribution >= 4 is 17.3 Å². The number of hydrogen-bond acceptors (Lipinski definition) is 4. The first kappa shape index (κ1) is 17.7. The van der Waals surface area contributed by atoms with Crippen LogP contribution in [0.25, 0.3) is 22.6 Å². The van der Waals surface area contributed by atoms with Crippen molar-refractivity contribution in [3.8, 4) is 11.4 Å². The molecule has 1 N–H and O–H groups in total. The van der Waals surface area contributed by atoms with Gasteiger partial charge >= 0.3 is 11.8 Å². The maximum Gasteiger partial charge on any atom is 0.418 e. The van der Waals surface area contributed by atoms with E-state index in [9.17, 15) is 19.5 Å². The van der Waals surface area contributed by atoms with Crippen molar-refractivity contribution in [2.24, 2.45) is 0 Å². The molecular weight excluding hydrogens is 336 g/mol. The molecule has 2 aromatic heterocycles. The van der Waals surface area contributed by atoms with Crippen molar-refractivity contribution in [1.29, 1.82) is 0 Å². The van der Waals surface area contributed by atoms with E-state index in [1.54, 1.807) is 30.3 Å². The molecule has 1 aromatic carbocycles. The third-order valence-electron chi connectivity index (χ3n) is 4.14. The lowest BCUT2D eigenvalue weighted by atomic mass is 10.2. The Labute approximate surface area is 149 Å². The first-order valence-electron chi connectivity index (χ1n) is 8.56. The molecule has 3 aromatic rings. The van der Waals surface area contributed by atoms with Gasteiger partial charge in [0.1, 0.15) is 0 Å². The minimum absolute atomic E-state index is 0.00671. The normalized spacial score (nSPS) is 11.2. The molecule has 0 aliphatic carbocycles. The van der Waals surface area contributed by atoms with Crippen molar-refractivity contribution in [2.75, 3.05) is 0 Å². The fourth-order valence-electron chi connectivity index (χ4n) is 3.06. The van der Waals surface area contributed by atoms with Crippen LogP contribution in [-0.2, 0) is 13.1 Å². The Morgan fingerprint density at radius 1 is 1.04 bits per heavy atom. The molecule has 0 bridgehead atoms. The van der Waals surface area contributed by atoms with Crippen LogP contribution < -0.4 is 11.2 Å². The Kier molecular flexibility index (Phi) is 4.75. The summed E-state index contributed by atoms with van der Waals surface area (Å²) in [5.74, 6) is 0.128. The zero-order valence-corrected chi connectivity index (χ0v) is 14.7. The monoisotopic (exact) mass is 356 g/mol. The van der Waals surface area contributed by atoms with Crippen LogP contribution in [0.2, 0.25) is 0 Å². The lowest BCUT2D eigenvalue weighted by molar-refractivity contribution is 0.197. The van der Waals surface area contributed by atoms with Crippen molar-refractivity contribution < 1.29 is 9.90 Å². The maximum absolute atomic E-state index is 12.8. The molecule has 26 heavy (non-hydrogen) atoms. The molecule has 0 atom stereocenters. The quantitative estimate of drug-likeness (QED) is 0.757. The second kappa shape index (κ2) is 6.99. The summed E-state index contributed by atoms with van der Waals surface area (Å²) in [4.78, 5) is 41.9. The lowest BCUT2D eigenvalue weighted by Gasteiger charge is -2.12. The van der Waals surface area contributed by atoms with Gasteiger partial charge in [0, 0.05) is 18.7 Å². The fourth-order valence-corrected chi connectivity index (χ4v) is 3.06. The summed E-state index contributed by atoms with van der Waals surface area (Å²) in [6, 6.07) is 8.75. The predicted molar refractivity (Wildman–Crippen MR) is 97.7 cm³/mol. The summed E-state index contributed by atoms with van der Waals surface area (Å²) < 4.78 is 3.39. The van der Waals surface area contributed by atoms with Gasteiger partial charge in [-0.15, -0.1) is 0 Å². The lowest BCUT2D eigenvalue weighted by Crippen LogP contribution is -2.40. The zero-order valence-electron chi connectivity index (χ0n) is 14.7. The van der Waals surface area contributed by atoms with Crippen LogP contribution in [0, 0.1) is 0 Å². The van der Waals surface area contributed by atoms with E-state index in [0.29, 0.717) is 24.9 Å². The first-order chi connectivity index (χ1) is 12.5. The van der Waals surface area contributed by atoms with Gasteiger partial charge in [-0.3, -0.25) is 13.9 Å². The topological polar surface area (TPSA) is 99.1 Å². The van der Waals surface area contributed by atoms with E-state index < -0.39 is 17.3 Å². The number of nitrogens with zero attached hydrogens (tertiary/aromatic N) is 4. The number of imidazole rings is 1. The van der Waals surface area contributed by atoms with Gasteiger partial charge in [0.25, 0.3) is 5.56 Å². The molecule has 8 heteroatoms. The Morgan fingerprint density at radius 2 is 1.65 bits per heavy atom. The van der Waals surface area contributed by atoms with Crippen LogP contribution in [0.4, 0.5) is 4.79 Å². The van der Waals surface area contributed by atoms with Crippen molar-refractivity contribution in [2.45, 2.75) is 39.8 Å². The fraction of sp³-hybridized carbons (Fsp3) is 0.333. The van der Waals surface area contributed by atoms with Gasteiger partial charge in [0.2, 0.25) is 0 Å². The van der Waals surface area contributed by atoms with Crippen molar-refractivity contribution in [3.05, 3.63) is 51.2 Å². The van der Waals surface area contributed by atoms with Gasteiger partial charge in [-0.25, -0.2) is 19.1 Å². The van der Waals surface area contributed by atoms with Gasteiger partial charge in [0.15, 0.2) is 17.0 Å². The molecule has 0 aliphatic rings. The number of carboxylic acid groups (broad SMARTS) is 1. The van der Waals surface area contributed by atoms with Crippen LogP contribution in [0.3, 0.4) is 0 Å². The zero-order chi connectivity index (χ0) is 18.8. The highest BCUT2D eigenvalue weighted by Gasteiger charge is 2.24. The Bertz CT molecular complexity index is 1080. The number of carbonyl (C=O) groups is 1. The molecule has 0 aliphatic heterocycles. The number of rotatable bonds is 5. The summed E-state index contributed by atoms with van der Waals surface area (Å²) in [5, 5.41) is 9.76. The molecule has 136 valence electrons.